The van der Waals surface area contributed by atoms with Crippen LogP contribution in [0.3, 0.4) is 0 Å². The fourth-order valence-electron chi connectivity index (χ4n) is 0.927. The summed E-state index contributed by atoms with van der Waals surface area (Å²) in [6.07, 6.45) is 1.54. The highest BCUT2D eigenvalue weighted by Gasteiger charge is 2.01. The third-order valence-corrected chi connectivity index (χ3v) is 1.89. The lowest BCUT2D eigenvalue weighted by molar-refractivity contribution is -0.121. The molecule has 0 saturated carbocycles. The van der Waals surface area contributed by atoms with Crippen molar-refractivity contribution >= 4 is 17.5 Å². The van der Waals surface area contributed by atoms with Crippen LogP contribution in [0.1, 0.15) is 26.7 Å². The highest BCUT2D eigenvalue weighted by molar-refractivity contribution is 6.17. The van der Waals surface area contributed by atoms with Gasteiger partial charge < -0.3 is 10.1 Å². The van der Waals surface area contributed by atoms with Gasteiger partial charge in [-0.15, -0.1) is 11.6 Å². The van der Waals surface area contributed by atoms with Crippen LogP contribution in [0.15, 0.2) is 0 Å². The molecule has 0 spiro atoms. The van der Waals surface area contributed by atoms with Gasteiger partial charge >= 0.3 is 0 Å². The Bertz CT molecular complexity index is 151. The van der Waals surface area contributed by atoms with Crippen molar-refractivity contribution in [3.63, 3.8) is 0 Å². The Morgan fingerprint density at radius 1 is 1.43 bits per heavy atom. The molecule has 0 aliphatic heterocycles. The van der Waals surface area contributed by atoms with Crippen LogP contribution in [0, 0.1) is 5.92 Å². The quantitative estimate of drug-likeness (QED) is 0.502. The number of rotatable bonds is 8. The Balaban J connectivity index is 3.18. The van der Waals surface area contributed by atoms with Gasteiger partial charge in [-0.1, -0.05) is 13.8 Å². The summed E-state index contributed by atoms with van der Waals surface area (Å²) in [5.41, 5.74) is 0. The molecular formula is C10H20ClNO2. The molecule has 4 heteroatoms. The van der Waals surface area contributed by atoms with Crippen molar-refractivity contribution in [2.24, 2.45) is 5.92 Å². The first kappa shape index (κ1) is 13.7. The third kappa shape index (κ3) is 9.81. The van der Waals surface area contributed by atoms with Crippen LogP contribution in [0.5, 0.6) is 0 Å². The molecular weight excluding hydrogens is 202 g/mol. The fraction of sp³-hybridized carbons (Fsp3) is 0.900. The topological polar surface area (TPSA) is 38.3 Å². The highest BCUT2D eigenvalue weighted by atomic mass is 35.5. The number of amides is 1. The van der Waals surface area contributed by atoms with Crippen LogP contribution < -0.4 is 5.32 Å². The molecule has 0 aromatic carbocycles. The molecule has 0 aliphatic carbocycles. The summed E-state index contributed by atoms with van der Waals surface area (Å²) in [6.45, 7) is 5.88. The van der Waals surface area contributed by atoms with E-state index in [0.29, 0.717) is 38.0 Å². The summed E-state index contributed by atoms with van der Waals surface area (Å²) in [5.74, 6) is 1.18. The van der Waals surface area contributed by atoms with E-state index in [1.165, 1.54) is 0 Å². The maximum atomic E-state index is 11.2. The first-order chi connectivity index (χ1) is 6.66. The van der Waals surface area contributed by atoms with E-state index in [9.17, 15) is 4.79 Å². The molecule has 14 heavy (non-hydrogen) atoms. The number of carbonyl (C=O) groups is 1. The Hall–Kier alpha value is -0.280. The first-order valence-electron chi connectivity index (χ1n) is 5.07. The zero-order valence-corrected chi connectivity index (χ0v) is 9.77. The predicted octanol–water partition coefficient (Wildman–Crippen LogP) is 1.79. The zero-order valence-electron chi connectivity index (χ0n) is 9.01. The first-order valence-corrected chi connectivity index (χ1v) is 5.60. The summed E-state index contributed by atoms with van der Waals surface area (Å²) >= 11 is 5.42. The van der Waals surface area contributed by atoms with Crippen molar-refractivity contribution in [3.8, 4) is 0 Å². The molecule has 0 rings (SSSR count). The smallest absolute Gasteiger partial charge is 0.220 e. The molecule has 0 aromatic rings. The molecule has 0 fully saturated rings. The number of ether oxygens (including phenoxy) is 1. The van der Waals surface area contributed by atoms with Crippen molar-refractivity contribution in [2.75, 3.05) is 25.6 Å². The van der Waals surface area contributed by atoms with Crippen LogP contribution in [0.4, 0.5) is 0 Å². The molecule has 0 radical (unpaired) electrons. The van der Waals surface area contributed by atoms with Crippen molar-refractivity contribution in [3.05, 3.63) is 0 Å². The molecule has 1 N–H and O–H groups in total. The fourth-order valence-corrected chi connectivity index (χ4v) is 1.04. The Kier molecular flexibility index (Phi) is 9.10. The number of hydrogen-bond acceptors (Lipinski definition) is 2. The van der Waals surface area contributed by atoms with Crippen LogP contribution in [-0.2, 0) is 9.53 Å². The van der Waals surface area contributed by atoms with Crippen LogP contribution >= 0.6 is 11.6 Å². The van der Waals surface area contributed by atoms with E-state index in [1.807, 2.05) is 0 Å². The Labute approximate surface area is 91.2 Å². The lowest BCUT2D eigenvalue weighted by Crippen LogP contribution is -2.27. The van der Waals surface area contributed by atoms with Gasteiger partial charge in [0.15, 0.2) is 0 Å². The summed E-state index contributed by atoms with van der Waals surface area (Å²) in [5, 5.41) is 2.79. The minimum Gasteiger partial charge on any atom is -0.378 e. The van der Waals surface area contributed by atoms with Crippen LogP contribution in [-0.4, -0.2) is 31.5 Å². The number of halogens is 1. The largest absolute Gasteiger partial charge is 0.378 e. The van der Waals surface area contributed by atoms with Gasteiger partial charge in [0.1, 0.15) is 0 Å². The summed E-state index contributed by atoms with van der Waals surface area (Å²) in [6, 6.07) is 0. The molecule has 0 bridgehead atoms. The van der Waals surface area contributed by atoms with E-state index < -0.39 is 0 Å². The summed E-state index contributed by atoms with van der Waals surface area (Å²) < 4.78 is 5.11. The van der Waals surface area contributed by atoms with Gasteiger partial charge in [-0.05, 0) is 12.3 Å². The third-order valence-electron chi connectivity index (χ3n) is 1.74. The SMILES string of the molecule is CC(C)CCC(=O)NCCOCCCl. The highest BCUT2D eigenvalue weighted by Crippen LogP contribution is 2.02. The number of hydrogen-bond donors (Lipinski definition) is 1. The lowest BCUT2D eigenvalue weighted by atomic mass is 10.1. The van der Waals surface area contributed by atoms with E-state index in [0.717, 1.165) is 6.42 Å². The van der Waals surface area contributed by atoms with E-state index in [2.05, 4.69) is 19.2 Å². The van der Waals surface area contributed by atoms with Gasteiger partial charge in [-0.3, -0.25) is 4.79 Å². The van der Waals surface area contributed by atoms with Crippen molar-refractivity contribution in [1.82, 2.24) is 5.32 Å². The van der Waals surface area contributed by atoms with Crippen LogP contribution in [0.2, 0.25) is 0 Å². The average Bonchev–Trinajstić information content (AvgIpc) is 2.14. The van der Waals surface area contributed by atoms with Gasteiger partial charge in [0.05, 0.1) is 13.2 Å². The minimum absolute atomic E-state index is 0.105. The van der Waals surface area contributed by atoms with Gasteiger partial charge in [-0.25, -0.2) is 0 Å². The van der Waals surface area contributed by atoms with Crippen molar-refractivity contribution in [2.45, 2.75) is 26.7 Å². The average molecular weight is 222 g/mol. The number of alkyl halides is 1. The second-order valence-corrected chi connectivity index (χ2v) is 3.96. The monoisotopic (exact) mass is 221 g/mol. The summed E-state index contributed by atoms with van der Waals surface area (Å²) in [4.78, 5) is 11.2. The normalized spacial score (nSPS) is 10.6. The molecule has 3 nitrogen and oxygen atoms in total. The van der Waals surface area contributed by atoms with E-state index in [4.69, 9.17) is 16.3 Å². The van der Waals surface area contributed by atoms with Gasteiger partial charge in [-0.2, -0.15) is 0 Å². The number of carbonyl (C=O) groups excluding carboxylic acids is 1. The van der Waals surface area contributed by atoms with Crippen molar-refractivity contribution in [1.29, 1.82) is 0 Å². The predicted molar refractivity (Wildman–Crippen MR) is 58.6 cm³/mol. The number of nitrogens with one attached hydrogen (secondary N) is 1. The second-order valence-electron chi connectivity index (χ2n) is 3.58. The van der Waals surface area contributed by atoms with Crippen molar-refractivity contribution < 1.29 is 9.53 Å². The molecule has 0 atom stereocenters. The molecule has 0 heterocycles. The van der Waals surface area contributed by atoms with Gasteiger partial charge in [0, 0.05) is 18.8 Å². The van der Waals surface area contributed by atoms with Gasteiger partial charge in [0.25, 0.3) is 0 Å². The molecule has 0 aliphatic rings. The molecule has 84 valence electrons. The second kappa shape index (κ2) is 9.28. The minimum atomic E-state index is 0.105. The van der Waals surface area contributed by atoms with E-state index in [1.54, 1.807) is 0 Å². The summed E-state index contributed by atoms with van der Waals surface area (Å²) in [7, 11) is 0. The molecule has 0 saturated heterocycles. The van der Waals surface area contributed by atoms with E-state index >= 15 is 0 Å². The maximum absolute atomic E-state index is 11.2. The zero-order chi connectivity index (χ0) is 10.8. The lowest BCUT2D eigenvalue weighted by Gasteiger charge is -2.06. The molecule has 1 amide bonds. The Morgan fingerprint density at radius 3 is 2.71 bits per heavy atom. The van der Waals surface area contributed by atoms with Gasteiger partial charge in [0.2, 0.25) is 5.91 Å². The standard InChI is InChI=1S/C10H20ClNO2/c1-9(2)3-4-10(13)12-6-8-14-7-5-11/h9H,3-8H2,1-2H3,(H,12,13). The van der Waals surface area contributed by atoms with Crippen LogP contribution in [0.25, 0.3) is 0 Å². The Morgan fingerprint density at radius 2 is 2.14 bits per heavy atom. The maximum Gasteiger partial charge on any atom is 0.220 e. The van der Waals surface area contributed by atoms with E-state index in [-0.39, 0.29) is 5.91 Å². The molecule has 0 aromatic heterocycles. The molecule has 0 unspecified atom stereocenters.